The van der Waals surface area contributed by atoms with E-state index in [4.69, 9.17) is 26.2 Å². The third-order valence-corrected chi connectivity index (χ3v) is 6.13. The molecule has 0 aromatic heterocycles. The molecule has 3 aliphatic heterocycles. The maximum atomic E-state index is 11.0. The van der Waals surface area contributed by atoms with Crippen LogP contribution in [0.15, 0.2) is 18.2 Å². The number of carboxylic acid groups (broad SMARTS) is 1. The summed E-state index contributed by atoms with van der Waals surface area (Å²) in [5.41, 5.74) is 0.717. The minimum absolute atomic E-state index is 0.00952. The monoisotopic (exact) mass is 365 g/mol. The topological polar surface area (TPSA) is 59.0 Å². The van der Waals surface area contributed by atoms with Gasteiger partial charge in [0.05, 0.1) is 18.8 Å². The Hall–Kier alpha value is -1.30. The molecule has 6 heteroatoms. The van der Waals surface area contributed by atoms with Crippen molar-refractivity contribution in [2.24, 2.45) is 11.8 Å². The summed E-state index contributed by atoms with van der Waals surface area (Å²) in [4.78, 5) is 13.0. The normalized spacial score (nSPS) is 33.6. The minimum atomic E-state index is -0.766. The van der Waals surface area contributed by atoms with Crippen LogP contribution in [0.2, 0.25) is 5.02 Å². The van der Waals surface area contributed by atoms with Gasteiger partial charge >= 0.3 is 5.97 Å². The minimum Gasteiger partial charge on any atom is -0.487 e. The third kappa shape index (κ3) is 3.14. The second kappa shape index (κ2) is 6.15. The van der Waals surface area contributed by atoms with Crippen molar-refractivity contribution in [1.82, 2.24) is 4.90 Å². The highest BCUT2D eigenvalue weighted by Crippen LogP contribution is 2.53. The van der Waals surface area contributed by atoms with Crippen LogP contribution in [0, 0.1) is 11.8 Å². The number of aliphatic carboxylic acids is 1. The lowest BCUT2D eigenvalue weighted by atomic mass is 9.70. The zero-order chi connectivity index (χ0) is 17.8. The van der Waals surface area contributed by atoms with Gasteiger partial charge in [-0.2, -0.15) is 0 Å². The average molecular weight is 366 g/mol. The molecule has 3 heterocycles. The Bertz CT molecular complexity index is 692. The summed E-state index contributed by atoms with van der Waals surface area (Å²) in [6, 6.07) is 5.75. The van der Waals surface area contributed by atoms with Crippen molar-refractivity contribution in [3.05, 3.63) is 28.8 Å². The molecule has 3 aliphatic rings. The van der Waals surface area contributed by atoms with Crippen LogP contribution >= 0.6 is 11.6 Å². The summed E-state index contributed by atoms with van der Waals surface area (Å²) in [5, 5.41) is 9.76. The predicted molar refractivity (Wildman–Crippen MR) is 94.1 cm³/mol. The molecule has 1 N–H and O–H groups in total. The van der Waals surface area contributed by atoms with E-state index in [1.165, 1.54) is 0 Å². The number of hydrogen-bond donors (Lipinski definition) is 1. The molecule has 0 bridgehead atoms. The fourth-order valence-electron chi connectivity index (χ4n) is 4.69. The highest BCUT2D eigenvalue weighted by Gasteiger charge is 2.51. The van der Waals surface area contributed by atoms with Gasteiger partial charge in [0, 0.05) is 29.6 Å². The molecule has 4 rings (SSSR count). The number of rotatable bonds is 2. The molecule has 0 amide bonds. The highest BCUT2D eigenvalue weighted by atomic mass is 35.5. The fourth-order valence-corrected chi connectivity index (χ4v) is 4.87. The number of carbonyl (C=O) groups is 1. The summed E-state index contributed by atoms with van der Waals surface area (Å²) in [6.07, 6.45) is 2.01. The first-order chi connectivity index (χ1) is 11.8. The molecule has 0 unspecified atom stereocenters. The first kappa shape index (κ1) is 17.1. The zero-order valence-corrected chi connectivity index (χ0v) is 15.3. The van der Waals surface area contributed by atoms with Crippen LogP contribution in [0.1, 0.15) is 38.4 Å². The van der Waals surface area contributed by atoms with E-state index in [1.54, 1.807) is 0 Å². The van der Waals surface area contributed by atoms with E-state index in [2.05, 4.69) is 13.8 Å². The molecule has 0 radical (unpaired) electrons. The third-order valence-electron chi connectivity index (χ3n) is 5.90. The number of benzene rings is 1. The number of carboxylic acids is 1. The summed E-state index contributed by atoms with van der Waals surface area (Å²) in [7, 11) is 0. The van der Waals surface area contributed by atoms with Crippen molar-refractivity contribution in [1.29, 1.82) is 0 Å². The Morgan fingerprint density at radius 1 is 1.44 bits per heavy atom. The van der Waals surface area contributed by atoms with Gasteiger partial charge in [0.15, 0.2) is 0 Å². The van der Waals surface area contributed by atoms with E-state index >= 15 is 0 Å². The lowest BCUT2D eigenvalue weighted by Crippen LogP contribution is -2.55. The van der Waals surface area contributed by atoms with Crippen molar-refractivity contribution in [2.45, 2.75) is 44.5 Å². The molecule has 5 nitrogen and oxygen atoms in total. The van der Waals surface area contributed by atoms with Crippen molar-refractivity contribution < 1.29 is 19.4 Å². The summed E-state index contributed by atoms with van der Waals surface area (Å²) < 4.78 is 12.8. The first-order valence-corrected chi connectivity index (χ1v) is 9.29. The average Bonchev–Trinajstić information content (AvgIpc) is 2.54. The number of nitrogens with zero attached hydrogens (tertiary/aromatic N) is 1. The van der Waals surface area contributed by atoms with Gasteiger partial charge in [-0.25, -0.2) is 0 Å². The smallest absolute Gasteiger partial charge is 0.317 e. The summed E-state index contributed by atoms with van der Waals surface area (Å²) in [5.74, 6) is 0.665. The maximum Gasteiger partial charge on any atom is 0.317 e. The van der Waals surface area contributed by atoms with Crippen LogP contribution in [-0.4, -0.2) is 47.3 Å². The first-order valence-electron chi connectivity index (χ1n) is 8.91. The molecule has 25 heavy (non-hydrogen) atoms. The van der Waals surface area contributed by atoms with Crippen LogP contribution in [-0.2, 0) is 9.53 Å². The van der Waals surface area contributed by atoms with E-state index in [1.807, 2.05) is 23.1 Å². The van der Waals surface area contributed by atoms with Crippen molar-refractivity contribution in [3.63, 3.8) is 0 Å². The number of likely N-dealkylation sites (tertiary alicyclic amines) is 1. The fraction of sp³-hybridized carbons (Fsp3) is 0.632. The summed E-state index contributed by atoms with van der Waals surface area (Å²) >= 11 is 6.21. The highest BCUT2D eigenvalue weighted by molar-refractivity contribution is 6.30. The van der Waals surface area contributed by atoms with Gasteiger partial charge in [-0.05, 0) is 50.8 Å². The van der Waals surface area contributed by atoms with Crippen LogP contribution in [0.4, 0.5) is 0 Å². The van der Waals surface area contributed by atoms with Gasteiger partial charge < -0.3 is 14.6 Å². The number of fused-ring (bicyclic) bond motifs is 4. The van der Waals surface area contributed by atoms with Gasteiger partial charge in [-0.15, -0.1) is 0 Å². The Labute approximate surface area is 152 Å². The van der Waals surface area contributed by atoms with Gasteiger partial charge in [0.1, 0.15) is 11.4 Å². The Morgan fingerprint density at radius 2 is 2.24 bits per heavy atom. The van der Waals surface area contributed by atoms with Crippen molar-refractivity contribution in [3.8, 4) is 5.75 Å². The molecular weight excluding hydrogens is 342 g/mol. The largest absolute Gasteiger partial charge is 0.487 e. The van der Waals surface area contributed by atoms with Crippen LogP contribution in [0.3, 0.4) is 0 Å². The molecule has 0 aliphatic carbocycles. The summed E-state index contributed by atoms with van der Waals surface area (Å²) in [6.45, 7) is 5.88. The van der Waals surface area contributed by atoms with Gasteiger partial charge in [-0.1, -0.05) is 11.6 Å². The Kier molecular flexibility index (Phi) is 4.21. The van der Waals surface area contributed by atoms with E-state index in [0.29, 0.717) is 10.9 Å². The molecule has 1 aromatic rings. The van der Waals surface area contributed by atoms with Crippen LogP contribution < -0.4 is 4.74 Å². The molecular formula is C19H24ClNO4. The quantitative estimate of drug-likeness (QED) is 0.870. The van der Waals surface area contributed by atoms with E-state index in [-0.39, 0.29) is 30.3 Å². The second-order valence-corrected chi connectivity index (χ2v) is 8.44. The van der Waals surface area contributed by atoms with Gasteiger partial charge in [0.25, 0.3) is 0 Å². The lowest BCUT2D eigenvalue weighted by Gasteiger charge is -2.53. The number of piperidine rings is 1. The SMILES string of the molecule is CC1(C)Oc2ccc(Cl)cc2[C@@H]2O[C@@H]3CCN(CC(=O)O)C[C@H]3C[C@H]21. The van der Waals surface area contributed by atoms with Crippen molar-refractivity contribution >= 4 is 17.6 Å². The molecule has 1 aromatic carbocycles. The number of hydrogen-bond acceptors (Lipinski definition) is 4. The maximum absolute atomic E-state index is 11.0. The molecule has 4 atom stereocenters. The standard InChI is InChI=1S/C19H24ClNO4/c1-19(2)14-7-11-9-21(10-17(22)23)6-5-15(11)24-18(14)13-8-12(20)3-4-16(13)25-19/h3-4,8,11,14-15,18H,5-7,9-10H2,1-2H3,(H,22,23)/t11-,14-,15-,18+/m1/s1. The molecule has 2 saturated heterocycles. The van der Waals surface area contributed by atoms with E-state index in [9.17, 15) is 4.79 Å². The zero-order valence-electron chi connectivity index (χ0n) is 14.6. The van der Waals surface area contributed by atoms with Crippen LogP contribution in [0.25, 0.3) is 0 Å². The van der Waals surface area contributed by atoms with E-state index < -0.39 is 5.97 Å². The van der Waals surface area contributed by atoms with E-state index in [0.717, 1.165) is 37.2 Å². The Morgan fingerprint density at radius 3 is 3.00 bits per heavy atom. The predicted octanol–water partition coefficient (Wildman–Crippen LogP) is 3.36. The lowest BCUT2D eigenvalue weighted by molar-refractivity contribution is -0.188. The number of halogens is 1. The second-order valence-electron chi connectivity index (χ2n) is 8.00. The van der Waals surface area contributed by atoms with Crippen LogP contribution in [0.5, 0.6) is 5.75 Å². The number of ether oxygens (including phenoxy) is 2. The Balaban J connectivity index is 1.60. The molecule has 0 spiro atoms. The van der Waals surface area contributed by atoms with Crippen molar-refractivity contribution in [2.75, 3.05) is 19.6 Å². The molecule has 136 valence electrons. The molecule has 0 saturated carbocycles. The molecule has 2 fully saturated rings. The van der Waals surface area contributed by atoms with Gasteiger partial charge in [-0.3, -0.25) is 9.69 Å². The van der Waals surface area contributed by atoms with Gasteiger partial charge in [0.2, 0.25) is 0 Å².